The van der Waals surface area contributed by atoms with E-state index in [1.165, 1.54) is 0 Å². The van der Waals surface area contributed by atoms with Gasteiger partial charge in [-0.25, -0.2) is 4.79 Å². The summed E-state index contributed by atoms with van der Waals surface area (Å²) in [6, 6.07) is 7.94. The van der Waals surface area contributed by atoms with Gasteiger partial charge < -0.3 is 15.2 Å². The van der Waals surface area contributed by atoms with E-state index < -0.39 is 29.4 Å². The highest BCUT2D eigenvalue weighted by Gasteiger charge is 2.38. The SMILES string of the molecule is CC(C)(C)[C@H](CC(=O)[C@@H](NC(=O)Oc1ccccc1)C1CCCCC1)C(=O)O. The lowest BCUT2D eigenvalue weighted by atomic mass is 9.75. The molecule has 0 spiro atoms. The van der Waals surface area contributed by atoms with Crippen LogP contribution in [0.2, 0.25) is 0 Å². The highest BCUT2D eigenvalue weighted by Crippen LogP contribution is 2.32. The molecule has 6 heteroatoms. The summed E-state index contributed by atoms with van der Waals surface area (Å²) < 4.78 is 5.29. The first kappa shape index (κ1) is 21.9. The molecule has 154 valence electrons. The maximum absolute atomic E-state index is 13.1. The van der Waals surface area contributed by atoms with Crippen molar-refractivity contribution in [3.8, 4) is 5.75 Å². The van der Waals surface area contributed by atoms with Gasteiger partial charge in [0.1, 0.15) is 5.75 Å². The average Bonchev–Trinajstić information content (AvgIpc) is 2.64. The number of hydrogen-bond acceptors (Lipinski definition) is 4. The molecule has 1 amide bonds. The van der Waals surface area contributed by atoms with Crippen LogP contribution in [-0.4, -0.2) is 29.0 Å². The Morgan fingerprint density at radius 2 is 1.71 bits per heavy atom. The average molecular weight is 389 g/mol. The molecule has 1 saturated carbocycles. The third-order valence-corrected chi connectivity index (χ3v) is 5.44. The van der Waals surface area contributed by atoms with Crippen LogP contribution in [0, 0.1) is 17.3 Å². The van der Waals surface area contributed by atoms with Crippen LogP contribution in [0.1, 0.15) is 59.3 Å². The Labute approximate surface area is 166 Å². The highest BCUT2D eigenvalue weighted by molar-refractivity contribution is 5.91. The molecule has 2 atom stereocenters. The predicted molar refractivity (Wildman–Crippen MR) is 106 cm³/mol. The van der Waals surface area contributed by atoms with Gasteiger partial charge in [-0.3, -0.25) is 9.59 Å². The summed E-state index contributed by atoms with van der Waals surface area (Å²) in [6.45, 7) is 5.43. The van der Waals surface area contributed by atoms with Crippen LogP contribution in [0.3, 0.4) is 0 Å². The third kappa shape index (κ3) is 6.36. The minimum Gasteiger partial charge on any atom is -0.481 e. The summed E-state index contributed by atoms with van der Waals surface area (Å²) in [5.41, 5.74) is -0.552. The molecule has 28 heavy (non-hydrogen) atoms. The summed E-state index contributed by atoms with van der Waals surface area (Å²) in [6.07, 6.45) is 4.02. The van der Waals surface area contributed by atoms with E-state index in [0.717, 1.165) is 32.1 Å². The van der Waals surface area contributed by atoms with Crippen LogP contribution < -0.4 is 10.1 Å². The molecule has 0 aromatic heterocycles. The van der Waals surface area contributed by atoms with Gasteiger partial charge in [0.15, 0.2) is 5.78 Å². The van der Waals surface area contributed by atoms with Crippen molar-refractivity contribution in [1.82, 2.24) is 5.32 Å². The second-order valence-corrected chi connectivity index (χ2v) is 8.65. The van der Waals surface area contributed by atoms with Crippen molar-refractivity contribution >= 4 is 17.8 Å². The van der Waals surface area contributed by atoms with Gasteiger partial charge in [-0.15, -0.1) is 0 Å². The van der Waals surface area contributed by atoms with Crippen LogP contribution in [0.4, 0.5) is 4.79 Å². The van der Waals surface area contributed by atoms with Gasteiger partial charge in [0, 0.05) is 6.42 Å². The topological polar surface area (TPSA) is 92.7 Å². The van der Waals surface area contributed by atoms with Gasteiger partial charge in [0.2, 0.25) is 0 Å². The number of para-hydroxylation sites is 1. The number of aliphatic carboxylic acids is 1. The first-order valence-corrected chi connectivity index (χ1v) is 9.97. The van der Waals surface area contributed by atoms with Gasteiger partial charge in [-0.1, -0.05) is 58.2 Å². The van der Waals surface area contributed by atoms with Gasteiger partial charge in [0.05, 0.1) is 12.0 Å². The van der Waals surface area contributed by atoms with Crippen molar-refractivity contribution in [2.45, 2.75) is 65.3 Å². The van der Waals surface area contributed by atoms with E-state index in [1.807, 2.05) is 26.8 Å². The number of ether oxygens (including phenoxy) is 1. The van der Waals surface area contributed by atoms with Crippen molar-refractivity contribution < 1.29 is 24.2 Å². The number of rotatable bonds is 7. The monoisotopic (exact) mass is 389 g/mol. The minimum atomic E-state index is -0.991. The second kappa shape index (κ2) is 9.71. The molecule has 0 heterocycles. The maximum Gasteiger partial charge on any atom is 0.413 e. The van der Waals surface area contributed by atoms with Crippen LogP contribution in [-0.2, 0) is 9.59 Å². The van der Waals surface area contributed by atoms with E-state index in [4.69, 9.17) is 4.74 Å². The van der Waals surface area contributed by atoms with E-state index in [-0.39, 0.29) is 18.1 Å². The highest BCUT2D eigenvalue weighted by atomic mass is 16.6. The van der Waals surface area contributed by atoms with Gasteiger partial charge in [0.25, 0.3) is 0 Å². The molecule has 0 radical (unpaired) electrons. The summed E-state index contributed by atoms with van der Waals surface area (Å²) in [4.78, 5) is 37.1. The zero-order valence-electron chi connectivity index (χ0n) is 16.9. The number of Topliss-reactive ketones (excluding diaryl/α,β-unsaturated/α-hetero) is 1. The maximum atomic E-state index is 13.1. The molecule has 0 bridgehead atoms. The third-order valence-electron chi connectivity index (χ3n) is 5.44. The quantitative estimate of drug-likeness (QED) is 0.720. The van der Waals surface area contributed by atoms with Crippen molar-refractivity contribution in [3.63, 3.8) is 0 Å². The molecule has 2 N–H and O–H groups in total. The zero-order chi connectivity index (χ0) is 20.7. The van der Waals surface area contributed by atoms with Crippen LogP contribution >= 0.6 is 0 Å². The first-order valence-electron chi connectivity index (χ1n) is 9.97. The minimum absolute atomic E-state index is 0.0130. The number of hydrogen-bond donors (Lipinski definition) is 2. The van der Waals surface area contributed by atoms with Gasteiger partial charge in [-0.2, -0.15) is 0 Å². The summed E-state index contributed by atoms with van der Waals surface area (Å²) in [5, 5.41) is 12.3. The Morgan fingerprint density at radius 3 is 2.25 bits per heavy atom. The zero-order valence-corrected chi connectivity index (χ0v) is 16.9. The fourth-order valence-electron chi connectivity index (χ4n) is 3.77. The molecule has 0 unspecified atom stereocenters. The number of benzene rings is 1. The molecule has 6 nitrogen and oxygen atoms in total. The number of ketones is 1. The van der Waals surface area contributed by atoms with Crippen LogP contribution in [0.25, 0.3) is 0 Å². The number of carbonyl (C=O) groups excluding carboxylic acids is 2. The Balaban J connectivity index is 2.12. The summed E-state index contributed by atoms with van der Waals surface area (Å²) in [7, 11) is 0. The first-order chi connectivity index (χ1) is 13.2. The molecule has 0 aliphatic heterocycles. The standard InChI is InChI=1S/C22H31NO5/c1-22(2,3)17(20(25)26)14-18(24)19(15-10-6-4-7-11-15)23-21(27)28-16-12-8-5-9-13-16/h5,8-9,12-13,15,17,19H,4,6-7,10-11,14H2,1-3H3,(H,23,27)(H,25,26)/t17-,19+/m1/s1. The van der Waals surface area contributed by atoms with Crippen molar-refractivity contribution in [2.24, 2.45) is 17.3 Å². The fraction of sp³-hybridized carbons (Fsp3) is 0.591. The Bertz CT molecular complexity index is 674. The van der Waals surface area contributed by atoms with E-state index in [0.29, 0.717) is 5.75 Å². The lowest BCUT2D eigenvalue weighted by molar-refractivity contribution is -0.148. The number of carboxylic acid groups (broad SMARTS) is 1. The second-order valence-electron chi connectivity index (χ2n) is 8.65. The van der Waals surface area contributed by atoms with E-state index in [2.05, 4.69) is 5.32 Å². The molecular formula is C22H31NO5. The van der Waals surface area contributed by atoms with Crippen LogP contribution in [0.5, 0.6) is 5.75 Å². The molecule has 1 aliphatic carbocycles. The largest absolute Gasteiger partial charge is 0.481 e. The lowest BCUT2D eigenvalue weighted by Gasteiger charge is -2.32. The Kier molecular flexibility index (Phi) is 7.61. The molecule has 0 saturated heterocycles. The lowest BCUT2D eigenvalue weighted by Crippen LogP contribution is -2.49. The summed E-state index contributed by atoms with van der Waals surface area (Å²) in [5.74, 6) is -1.63. The molecule has 2 rings (SSSR count). The van der Waals surface area contributed by atoms with Gasteiger partial charge >= 0.3 is 12.1 Å². The molecular weight excluding hydrogens is 358 g/mol. The molecule has 1 fully saturated rings. The van der Waals surface area contributed by atoms with Gasteiger partial charge in [-0.05, 0) is 36.3 Å². The predicted octanol–water partition coefficient (Wildman–Crippen LogP) is 4.43. The fourth-order valence-corrected chi connectivity index (χ4v) is 3.77. The Morgan fingerprint density at radius 1 is 1.11 bits per heavy atom. The number of nitrogens with one attached hydrogen (secondary N) is 1. The van der Waals surface area contributed by atoms with Crippen LogP contribution in [0.15, 0.2) is 30.3 Å². The number of carbonyl (C=O) groups is 3. The normalized spacial score (nSPS) is 17.4. The molecule has 1 aliphatic rings. The molecule has 1 aromatic rings. The number of amides is 1. The van der Waals surface area contributed by atoms with E-state index in [9.17, 15) is 19.5 Å². The smallest absolute Gasteiger partial charge is 0.413 e. The summed E-state index contributed by atoms with van der Waals surface area (Å²) >= 11 is 0. The van der Waals surface area contributed by atoms with E-state index >= 15 is 0 Å². The number of carboxylic acids is 1. The molecule has 1 aromatic carbocycles. The Hall–Kier alpha value is -2.37. The van der Waals surface area contributed by atoms with Crippen molar-refractivity contribution in [1.29, 1.82) is 0 Å². The van der Waals surface area contributed by atoms with Crippen molar-refractivity contribution in [3.05, 3.63) is 30.3 Å². The van der Waals surface area contributed by atoms with Crippen molar-refractivity contribution in [2.75, 3.05) is 0 Å². The van der Waals surface area contributed by atoms with E-state index in [1.54, 1.807) is 24.3 Å².